The summed E-state index contributed by atoms with van der Waals surface area (Å²) in [7, 11) is 0. The summed E-state index contributed by atoms with van der Waals surface area (Å²) in [6.45, 7) is 2.57. The Morgan fingerprint density at radius 2 is 1.84 bits per heavy atom. The summed E-state index contributed by atoms with van der Waals surface area (Å²) in [4.78, 5) is 14.4. The number of phenols is 1. The first-order chi connectivity index (χ1) is 18.0. The zero-order chi connectivity index (χ0) is 25.8. The van der Waals surface area contributed by atoms with Gasteiger partial charge in [-0.25, -0.2) is 4.39 Å². The number of benzene rings is 3. The maximum atomic E-state index is 15.1. The molecule has 1 aliphatic carbocycles. The van der Waals surface area contributed by atoms with Gasteiger partial charge in [0.05, 0.1) is 18.2 Å². The first-order valence-corrected chi connectivity index (χ1v) is 12.7. The van der Waals surface area contributed by atoms with Crippen LogP contribution in [0.2, 0.25) is 0 Å². The van der Waals surface area contributed by atoms with E-state index in [9.17, 15) is 9.90 Å². The lowest BCUT2D eigenvalue weighted by molar-refractivity contribution is 0.0849. The zero-order valence-electron chi connectivity index (χ0n) is 20.8. The molecule has 190 valence electrons. The standard InChI is InChI=1S/C31H30FNO4/c1-21(37-27-9-5-8-26(34)18-27)24-12-10-22(11-13-24)16-17-33-19-25-14-15-28(30(32)29(25)31(33)35)36-20-23-6-3-2-4-7-23/h2-9,14-15,18,21-22,24,34H,10-13,19-20H2,1H3. The van der Waals surface area contributed by atoms with Crippen LogP contribution < -0.4 is 9.47 Å². The van der Waals surface area contributed by atoms with Crippen LogP contribution in [0.4, 0.5) is 4.39 Å². The van der Waals surface area contributed by atoms with Crippen LogP contribution in [0.15, 0.2) is 66.7 Å². The molecule has 1 saturated carbocycles. The molecule has 0 radical (unpaired) electrons. The Balaban J connectivity index is 1.16. The monoisotopic (exact) mass is 499 g/mol. The van der Waals surface area contributed by atoms with Crippen LogP contribution in [0, 0.1) is 29.6 Å². The van der Waals surface area contributed by atoms with Crippen LogP contribution >= 0.6 is 0 Å². The highest BCUT2D eigenvalue weighted by Crippen LogP contribution is 2.34. The summed E-state index contributed by atoms with van der Waals surface area (Å²) < 4.78 is 26.8. The van der Waals surface area contributed by atoms with E-state index >= 15 is 4.39 Å². The van der Waals surface area contributed by atoms with E-state index in [1.165, 1.54) is 4.90 Å². The molecule has 0 bridgehead atoms. The second-order valence-corrected chi connectivity index (χ2v) is 9.77. The maximum absolute atomic E-state index is 15.1. The fourth-order valence-corrected chi connectivity index (χ4v) is 5.04. The van der Waals surface area contributed by atoms with E-state index in [4.69, 9.17) is 9.47 Å². The number of phenolic OH excluding ortho intramolecular Hbond substituents is 1. The number of aromatic hydroxyl groups is 1. The van der Waals surface area contributed by atoms with Gasteiger partial charge in [0.2, 0.25) is 0 Å². The molecule has 0 aromatic heterocycles. The average molecular weight is 500 g/mol. The molecule has 0 saturated heterocycles. The molecular weight excluding hydrogens is 469 g/mol. The number of fused-ring (bicyclic) bond motifs is 1. The summed E-state index contributed by atoms with van der Waals surface area (Å²) in [5.41, 5.74) is 1.61. The maximum Gasteiger partial charge on any atom is 0.269 e. The normalized spacial score (nSPS) is 19.5. The van der Waals surface area contributed by atoms with Gasteiger partial charge in [-0.05, 0) is 67.9 Å². The summed E-state index contributed by atoms with van der Waals surface area (Å²) in [6.07, 6.45) is 3.83. The van der Waals surface area contributed by atoms with E-state index in [-0.39, 0.29) is 42.2 Å². The van der Waals surface area contributed by atoms with Crippen LogP contribution in [-0.2, 0) is 13.2 Å². The fourth-order valence-electron chi connectivity index (χ4n) is 5.04. The molecule has 3 aromatic carbocycles. The Morgan fingerprint density at radius 3 is 2.59 bits per heavy atom. The first-order valence-electron chi connectivity index (χ1n) is 12.7. The smallest absolute Gasteiger partial charge is 0.269 e. The third-order valence-electron chi connectivity index (χ3n) is 7.20. The molecule has 37 heavy (non-hydrogen) atoms. The van der Waals surface area contributed by atoms with Gasteiger partial charge in [0, 0.05) is 18.0 Å². The number of nitrogens with zero attached hydrogens (tertiary/aromatic N) is 1. The van der Waals surface area contributed by atoms with E-state index in [1.807, 2.05) is 36.4 Å². The predicted molar refractivity (Wildman–Crippen MR) is 138 cm³/mol. The second-order valence-electron chi connectivity index (χ2n) is 9.77. The molecule has 5 nitrogen and oxygen atoms in total. The van der Waals surface area contributed by atoms with Crippen molar-refractivity contribution in [1.82, 2.24) is 4.90 Å². The molecule has 1 aliphatic heterocycles. The number of carbonyl (C=O) groups excluding carboxylic acids is 1. The molecule has 0 spiro atoms. The summed E-state index contributed by atoms with van der Waals surface area (Å²) in [5, 5.41) is 9.64. The largest absolute Gasteiger partial charge is 0.508 e. The summed E-state index contributed by atoms with van der Waals surface area (Å²) in [5.74, 6) is 3.75. The summed E-state index contributed by atoms with van der Waals surface area (Å²) >= 11 is 0. The van der Waals surface area contributed by atoms with E-state index in [0.29, 0.717) is 17.2 Å². The predicted octanol–water partition coefficient (Wildman–Crippen LogP) is 6.30. The topological polar surface area (TPSA) is 59.0 Å². The third kappa shape index (κ3) is 5.72. The van der Waals surface area contributed by atoms with Crippen LogP contribution in [0.1, 0.15) is 54.1 Å². The van der Waals surface area contributed by atoms with Gasteiger partial charge >= 0.3 is 0 Å². The van der Waals surface area contributed by atoms with Gasteiger partial charge in [-0.2, -0.15) is 0 Å². The number of halogens is 1. The highest BCUT2D eigenvalue weighted by atomic mass is 19.1. The van der Waals surface area contributed by atoms with Gasteiger partial charge < -0.3 is 14.6 Å². The molecule has 2 aliphatic rings. The number of amides is 1. The van der Waals surface area contributed by atoms with Crippen molar-refractivity contribution in [1.29, 1.82) is 0 Å². The fraction of sp³-hybridized carbons (Fsp3) is 0.323. The van der Waals surface area contributed by atoms with E-state index in [0.717, 1.165) is 31.2 Å². The van der Waals surface area contributed by atoms with Crippen LogP contribution in [0.3, 0.4) is 0 Å². The molecule has 1 unspecified atom stereocenters. The van der Waals surface area contributed by atoms with Crippen molar-refractivity contribution in [3.05, 3.63) is 89.2 Å². The van der Waals surface area contributed by atoms with Crippen molar-refractivity contribution in [3.63, 3.8) is 0 Å². The molecule has 1 fully saturated rings. The summed E-state index contributed by atoms with van der Waals surface area (Å²) in [6, 6.07) is 22.7. The van der Waals surface area contributed by atoms with Crippen molar-refractivity contribution >= 4 is 5.91 Å². The second kappa shape index (κ2) is 11.0. The van der Waals surface area contributed by atoms with Gasteiger partial charge in [0.1, 0.15) is 18.1 Å². The van der Waals surface area contributed by atoms with Crippen molar-refractivity contribution in [2.75, 3.05) is 0 Å². The molecule has 1 N–H and O–H groups in total. The van der Waals surface area contributed by atoms with Crippen LogP contribution in [0.5, 0.6) is 17.2 Å². The Morgan fingerprint density at radius 1 is 1.05 bits per heavy atom. The van der Waals surface area contributed by atoms with E-state index in [1.54, 1.807) is 30.3 Å². The molecule has 1 amide bonds. The third-order valence-corrected chi connectivity index (χ3v) is 7.20. The van der Waals surface area contributed by atoms with Gasteiger partial charge in [0.15, 0.2) is 11.6 Å². The minimum Gasteiger partial charge on any atom is -0.508 e. The molecule has 1 atom stereocenters. The SMILES string of the molecule is CC(Oc1cccc(O)c1)C1CCC(C#CN2Cc3ccc(OCc4ccccc4)c(F)c3C2=O)CC1. The van der Waals surface area contributed by atoms with Crippen LogP contribution in [0.25, 0.3) is 0 Å². The van der Waals surface area contributed by atoms with E-state index < -0.39 is 11.7 Å². The lowest BCUT2D eigenvalue weighted by Gasteiger charge is -2.30. The van der Waals surface area contributed by atoms with Crippen molar-refractivity contribution < 1.29 is 23.8 Å². The van der Waals surface area contributed by atoms with Crippen molar-refractivity contribution in [2.45, 2.75) is 51.9 Å². The number of rotatable bonds is 6. The Hall–Kier alpha value is -3.98. The molecule has 5 rings (SSSR count). The quantitative estimate of drug-likeness (QED) is 0.405. The number of ether oxygens (including phenoxy) is 2. The van der Waals surface area contributed by atoms with Crippen molar-refractivity contribution in [3.8, 4) is 29.2 Å². The number of hydrogen-bond donors (Lipinski definition) is 1. The molecule has 6 heteroatoms. The Labute approximate surface area is 216 Å². The first kappa shape index (κ1) is 24.7. The minimum atomic E-state index is -0.621. The molecule has 1 heterocycles. The molecular formula is C31H30FNO4. The highest BCUT2D eigenvalue weighted by Gasteiger charge is 2.32. The van der Waals surface area contributed by atoms with E-state index in [2.05, 4.69) is 18.9 Å². The Kier molecular flexibility index (Phi) is 7.32. The lowest BCUT2D eigenvalue weighted by Crippen LogP contribution is -2.28. The van der Waals surface area contributed by atoms with Crippen molar-refractivity contribution in [2.24, 2.45) is 11.8 Å². The van der Waals surface area contributed by atoms with Gasteiger partial charge in [0.25, 0.3) is 5.91 Å². The minimum absolute atomic E-state index is 0.0339. The van der Waals surface area contributed by atoms with Gasteiger partial charge in [-0.15, -0.1) is 0 Å². The molecule has 3 aromatic rings. The Bertz CT molecular complexity index is 1320. The number of carbonyl (C=O) groups is 1. The number of hydrogen-bond acceptors (Lipinski definition) is 4. The van der Waals surface area contributed by atoms with Gasteiger partial charge in [-0.1, -0.05) is 48.4 Å². The highest BCUT2D eigenvalue weighted by molar-refractivity contribution is 6.00. The lowest BCUT2D eigenvalue weighted by atomic mass is 9.80. The zero-order valence-corrected chi connectivity index (χ0v) is 20.8. The van der Waals surface area contributed by atoms with Crippen LogP contribution in [-0.4, -0.2) is 22.0 Å². The van der Waals surface area contributed by atoms with Gasteiger partial charge in [-0.3, -0.25) is 9.69 Å². The average Bonchev–Trinajstić information content (AvgIpc) is 3.24.